The minimum Gasteiger partial charge on any atom is -0.475 e. The number of nitrogens with zero attached hydrogens (tertiary/aromatic N) is 3. The van der Waals surface area contributed by atoms with Crippen molar-refractivity contribution in [2.24, 2.45) is 0 Å². The van der Waals surface area contributed by atoms with Gasteiger partial charge in [-0.2, -0.15) is 0 Å². The minimum atomic E-state index is -0.958. The molecule has 2 amide bonds. The van der Waals surface area contributed by atoms with Gasteiger partial charge in [0.05, 0.1) is 15.2 Å². The van der Waals surface area contributed by atoms with Gasteiger partial charge in [-0.3, -0.25) is 14.5 Å². The molecular weight excluding hydrogens is 553 g/mol. The second kappa shape index (κ2) is 10.1. The summed E-state index contributed by atoms with van der Waals surface area (Å²) >= 11 is 9.50. The first kappa shape index (κ1) is 25.2. The Morgan fingerprint density at radius 2 is 1.97 bits per heavy atom. The van der Waals surface area contributed by atoms with Gasteiger partial charge in [0.25, 0.3) is 0 Å². The number of likely N-dealkylation sites (tertiary alicyclic amines) is 2. The maximum atomic E-state index is 15.3. The van der Waals surface area contributed by atoms with E-state index in [1.807, 2.05) is 0 Å². The van der Waals surface area contributed by atoms with Crippen LogP contribution >= 0.6 is 27.5 Å². The van der Waals surface area contributed by atoms with E-state index in [0.29, 0.717) is 49.3 Å². The van der Waals surface area contributed by atoms with E-state index >= 15 is 4.39 Å². The lowest BCUT2D eigenvalue weighted by Gasteiger charge is -2.44. The molecule has 0 radical (unpaired) electrons. The molecular formula is C25H28BrClFN5O3. The molecule has 8 nitrogen and oxygen atoms in total. The van der Waals surface area contributed by atoms with E-state index in [1.165, 1.54) is 25.3 Å². The molecule has 0 aliphatic carbocycles. The second-order valence-corrected chi connectivity index (χ2v) is 10.7. The van der Waals surface area contributed by atoms with E-state index in [4.69, 9.17) is 16.3 Å². The molecule has 2 aromatic rings. The normalized spacial score (nSPS) is 19.5. The van der Waals surface area contributed by atoms with Gasteiger partial charge in [0, 0.05) is 25.0 Å². The maximum absolute atomic E-state index is 15.3. The van der Waals surface area contributed by atoms with E-state index in [-0.39, 0.29) is 32.7 Å². The number of pyridine rings is 1. The summed E-state index contributed by atoms with van der Waals surface area (Å²) in [5.41, 5.74) is 0.0277. The lowest BCUT2D eigenvalue weighted by atomic mass is 9.84. The molecule has 11 heteroatoms. The van der Waals surface area contributed by atoms with Crippen molar-refractivity contribution >= 4 is 61.6 Å². The molecule has 1 spiro atoms. The topological polar surface area (TPSA) is 86.8 Å². The zero-order chi connectivity index (χ0) is 25.4. The van der Waals surface area contributed by atoms with Crippen molar-refractivity contribution in [3.05, 3.63) is 34.0 Å². The Bertz CT molecular complexity index is 1230. The highest BCUT2D eigenvalue weighted by Gasteiger charge is 2.46. The van der Waals surface area contributed by atoms with E-state index in [0.717, 1.165) is 19.6 Å². The van der Waals surface area contributed by atoms with Crippen LogP contribution in [0, 0.1) is 5.82 Å². The molecule has 4 heterocycles. The number of aromatic nitrogens is 1. The van der Waals surface area contributed by atoms with Crippen LogP contribution in [0.25, 0.3) is 10.9 Å². The Morgan fingerprint density at radius 1 is 1.25 bits per heavy atom. The van der Waals surface area contributed by atoms with E-state index in [9.17, 15) is 9.59 Å². The number of anilines is 2. The van der Waals surface area contributed by atoms with Crippen LogP contribution in [-0.2, 0) is 9.59 Å². The number of hydrogen-bond donors (Lipinski definition) is 2. The first-order valence-corrected chi connectivity index (χ1v) is 13.4. The second-order valence-electron chi connectivity index (χ2n) is 9.49. The van der Waals surface area contributed by atoms with Crippen molar-refractivity contribution in [1.29, 1.82) is 0 Å². The first-order chi connectivity index (χ1) is 17.3. The number of carbonyl (C=O) groups excluding carboxylic acids is 2. The average molecular weight is 581 g/mol. The number of piperidine rings is 2. The predicted molar refractivity (Wildman–Crippen MR) is 141 cm³/mol. The summed E-state index contributed by atoms with van der Waals surface area (Å²) in [5, 5.41) is 7.01. The van der Waals surface area contributed by atoms with E-state index < -0.39 is 11.4 Å². The molecule has 1 aromatic heterocycles. The van der Waals surface area contributed by atoms with Crippen LogP contribution in [0.5, 0.6) is 5.88 Å². The van der Waals surface area contributed by atoms with E-state index in [1.54, 1.807) is 11.0 Å². The third-order valence-corrected chi connectivity index (χ3v) is 8.62. The van der Waals surface area contributed by atoms with E-state index in [2.05, 4.69) is 43.0 Å². The Morgan fingerprint density at radius 3 is 2.67 bits per heavy atom. The van der Waals surface area contributed by atoms with Crippen molar-refractivity contribution in [2.75, 3.05) is 50.0 Å². The summed E-state index contributed by atoms with van der Waals surface area (Å²) in [7, 11) is 0. The quantitative estimate of drug-likeness (QED) is 0.398. The van der Waals surface area contributed by atoms with Gasteiger partial charge in [-0.1, -0.05) is 24.6 Å². The molecule has 2 fully saturated rings. The number of amides is 2. The van der Waals surface area contributed by atoms with Gasteiger partial charge >= 0.3 is 0 Å². The van der Waals surface area contributed by atoms with Crippen LogP contribution in [0.4, 0.5) is 15.8 Å². The van der Waals surface area contributed by atoms with Gasteiger partial charge in [0.1, 0.15) is 23.3 Å². The molecule has 0 bridgehead atoms. The molecule has 0 saturated carbocycles. The Balaban J connectivity index is 1.49. The van der Waals surface area contributed by atoms with Crippen LogP contribution < -0.4 is 15.4 Å². The largest absolute Gasteiger partial charge is 0.475 e. The van der Waals surface area contributed by atoms with Crippen LogP contribution in [0.1, 0.15) is 32.1 Å². The monoisotopic (exact) mass is 579 g/mol. The molecule has 5 rings (SSSR count). The van der Waals surface area contributed by atoms with Crippen molar-refractivity contribution in [3.63, 3.8) is 0 Å². The number of carbonyl (C=O) groups is 2. The van der Waals surface area contributed by atoms with Gasteiger partial charge in [-0.25, -0.2) is 9.37 Å². The third-order valence-electron chi connectivity index (χ3n) is 7.32. The van der Waals surface area contributed by atoms with Crippen LogP contribution in [0.15, 0.2) is 23.2 Å². The number of nitrogens with one attached hydrogen (secondary N) is 2. The highest BCUT2D eigenvalue weighted by atomic mass is 79.9. The Labute approximate surface area is 222 Å². The highest BCUT2D eigenvalue weighted by molar-refractivity contribution is 9.10. The number of benzene rings is 1. The summed E-state index contributed by atoms with van der Waals surface area (Å²) in [5.74, 6) is -0.830. The van der Waals surface area contributed by atoms with Gasteiger partial charge in [-0.05, 0) is 66.8 Å². The summed E-state index contributed by atoms with van der Waals surface area (Å²) in [4.78, 5) is 33.9. The Hall–Kier alpha value is -2.43. The summed E-state index contributed by atoms with van der Waals surface area (Å²) in [6, 6.07) is 1.63. The molecule has 2 N–H and O–H groups in total. The van der Waals surface area contributed by atoms with Crippen LogP contribution in [-0.4, -0.2) is 71.5 Å². The van der Waals surface area contributed by atoms with Crippen LogP contribution in [0.3, 0.4) is 0 Å². The third kappa shape index (κ3) is 4.54. The summed E-state index contributed by atoms with van der Waals surface area (Å²) in [6.07, 6.45) is 5.63. The van der Waals surface area contributed by atoms with Gasteiger partial charge in [-0.15, -0.1) is 0 Å². The molecule has 2 saturated heterocycles. The number of hydrogen-bond acceptors (Lipinski definition) is 6. The van der Waals surface area contributed by atoms with Crippen molar-refractivity contribution < 1.29 is 18.7 Å². The fourth-order valence-electron chi connectivity index (χ4n) is 5.21. The molecule has 36 heavy (non-hydrogen) atoms. The lowest BCUT2D eigenvalue weighted by molar-refractivity contribution is -0.130. The number of halogens is 3. The fourth-order valence-corrected chi connectivity index (χ4v) is 5.70. The maximum Gasteiger partial charge on any atom is 0.250 e. The average Bonchev–Trinajstić information content (AvgIpc) is 2.89. The number of ether oxygens (including phenoxy) is 1. The van der Waals surface area contributed by atoms with Crippen molar-refractivity contribution in [3.8, 4) is 5.88 Å². The van der Waals surface area contributed by atoms with Crippen molar-refractivity contribution in [2.45, 2.75) is 37.6 Å². The molecule has 0 atom stereocenters. The fraction of sp³-hybridized carbons (Fsp3) is 0.480. The minimum absolute atomic E-state index is 0.0936. The summed E-state index contributed by atoms with van der Waals surface area (Å²) in [6.45, 7) is 7.47. The van der Waals surface area contributed by atoms with Crippen LogP contribution in [0.2, 0.25) is 5.02 Å². The molecule has 192 valence electrons. The smallest absolute Gasteiger partial charge is 0.250 e. The number of fused-ring (bicyclic) bond motifs is 3. The molecule has 0 unspecified atom stereocenters. The highest BCUT2D eigenvalue weighted by Crippen LogP contribution is 2.46. The lowest BCUT2D eigenvalue weighted by Crippen LogP contribution is -2.59. The SMILES string of the molecule is C=CC(=O)N1CCC2(CC1)Nc1c(c(OCCN3CCCCC3)nc3c(F)c(Br)c(Cl)cc13)NC2=O. The zero-order valence-electron chi connectivity index (χ0n) is 19.8. The van der Waals surface area contributed by atoms with Gasteiger partial charge in [0.2, 0.25) is 17.7 Å². The zero-order valence-corrected chi connectivity index (χ0v) is 22.2. The molecule has 3 aliphatic rings. The number of rotatable bonds is 5. The van der Waals surface area contributed by atoms with Crippen molar-refractivity contribution in [1.82, 2.24) is 14.8 Å². The molecule has 1 aromatic carbocycles. The first-order valence-electron chi connectivity index (χ1n) is 12.2. The summed E-state index contributed by atoms with van der Waals surface area (Å²) < 4.78 is 21.4. The predicted octanol–water partition coefficient (Wildman–Crippen LogP) is 4.57. The molecule has 3 aliphatic heterocycles. The Kier molecular flexibility index (Phi) is 7.11. The van der Waals surface area contributed by atoms with Gasteiger partial charge < -0.3 is 20.3 Å². The van der Waals surface area contributed by atoms with Gasteiger partial charge in [0.15, 0.2) is 5.82 Å². The standard InChI is InChI=1S/C25H28BrClFN5O3/c1-2-17(34)33-10-6-25(7-11-33)24(35)30-22-21(31-25)15-14-16(27)18(26)19(28)20(15)29-23(22)36-13-12-32-8-4-3-5-9-32/h2,14,31H,1,3-13H2,(H,30,35).